The molecule has 1 N–H and O–H groups in total. The Morgan fingerprint density at radius 2 is 1.86 bits per heavy atom. The van der Waals surface area contributed by atoms with Crippen LogP contribution in [0.5, 0.6) is 0 Å². The highest BCUT2D eigenvalue weighted by molar-refractivity contribution is 14.0. The number of piperazine rings is 1. The summed E-state index contributed by atoms with van der Waals surface area (Å²) >= 11 is 0. The fourth-order valence-electron chi connectivity index (χ4n) is 2.89. The normalized spacial score (nSPS) is 24.6. The lowest BCUT2D eigenvalue weighted by atomic mass is 10.2. The number of ether oxygens (including phenoxy) is 1. The Bertz CT molecular complexity index is 384. The fraction of sp³-hybridized carbons (Fsp3) is 0.867. The number of nitrogens with one attached hydrogen (secondary N) is 1. The Labute approximate surface area is 150 Å². The molecule has 1 saturated carbocycles. The number of rotatable bonds is 4. The van der Waals surface area contributed by atoms with Crippen LogP contribution in [0.3, 0.4) is 0 Å². The number of aliphatic imine (C=N–C) groups is 1. The largest absolute Gasteiger partial charge is 0.450 e. The minimum absolute atomic E-state index is 0. The number of carbonyl (C=O) groups excluding carboxylic acids is 1. The second-order valence-corrected chi connectivity index (χ2v) is 5.76. The van der Waals surface area contributed by atoms with E-state index in [0.717, 1.165) is 25.0 Å². The van der Waals surface area contributed by atoms with Crippen molar-refractivity contribution in [1.29, 1.82) is 0 Å². The molecule has 1 aliphatic carbocycles. The molecule has 0 aromatic carbocycles. The molecule has 2 rings (SSSR count). The lowest BCUT2D eigenvalue weighted by molar-refractivity contribution is 0.0914. The number of hydrogen-bond donors (Lipinski definition) is 1. The van der Waals surface area contributed by atoms with E-state index in [-0.39, 0.29) is 30.1 Å². The van der Waals surface area contributed by atoms with E-state index >= 15 is 0 Å². The zero-order chi connectivity index (χ0) is 15.2. The smallest absolute Gasteiger partial charge is 0.409 e. The van der Waals surface area contributed by atoms with E-state index in [1.54, 1.807) is 4.90 Å². The maximum absolute atomic E-state index is 11.7. The van der Waals surface area contributed by atoms with Crippen molar-refractivity contribution in [2.75, 3.05) is 39.8 Å². The van der Waals surface area contributed by atoms with Gasteiger partial charge in [-0.15, -0.1) is 24.0 Å². The minimum Gasteiger partial charge on any atom is -0.450 e. The van der Waals surface area contributed by atoms with Crippen LogP contribution in [0.2, 0.25) is 0 Å². The summed E-state index contributed by atoms with van der Waals surface area (Å²) in [5.74, 6) is 1.79. The van der Waals surface area contributed by atoms with E-state index < -0.39 is 0 Å². The third-order valence-electron chi connectivity index (χ3n) is 4.21. The van der Waals surface area contributed by atoms with Crippen LogP contribution in [-0.2, 0) is 4.74 Å². The monoisotopic (exact) mass is 424 g/mol. The molecular weight excluding hydrogens is 395 g/mol. The molecule has 1 saturated heterocycles. The number of hydrogen-bond acceptors (Lipinski definition) is 3. The van der Waals surface area contributed by atoms with Crippen molar-refractivity contribution in [3.05, 3.63) is 0 Å². The molecular formula is C15H29IN4O2. The molecule has 2 fully saturated rings. The van der Waals surface area contributed by atoms with E-state index in [0.29, 0.717) is 25.7 Å². The van der Waals surface area contributed by atoms with E-state index in [1.807, 2.05) is 14.0 Å². The van der Waals surface area contributed by atoms with E-state index in [4.69, 9.17) is 4.74 Å². The van der Waals surface area contributed by atoms with Crippen LogP contribution >= 0.6 is 24.0 Å². The highest BCUT2D eigenvalue weighted by atomic mass is 127. The molecule has 6 nitrogen and oxygen atoms in total. The van der Waals surface area contributed by atoms with Gasteiger partial charge in [-0.2, -0.15) is 0 Å². The first-order valence-electron chi connectivity index (χ1n) is 8.09. The highest BCUT2D eigenvalue weighted by Gasteiger charge is 2.37. The molecule has 0 aromatic heterocycles. The topological polar surface area (TPSA) is 57.2 Å². The van der Waals surface area contributed by atoms with Crippen molar-refractivity contribution in [2.45, 2.75) is 39.2 Å². The van der Waals surface area contributed by atoms with Crippen molar-refractivity contribution in [1.82, 2.24) is 15.1 Å². The molecule has 0 bridgehead atoms. The summed E-state index contributed by atoms with van der Waals surface area (Å²) in [5.41, 5.74) is 0. The van der Waals surface area contributed by atoms with Crippen LogP contribution in [-0.4, -0.2) is 67.7 Å². The van der Waals surface area contributed by atoms with Crippen LogP contribution in [0.1, 0.15) is 33.1 Å². The SMILES string of the molecule is CCCC1CC1NC(=NC)N1CCN(C(=O)OCC)CC1.I. The van der Waals surface area contributed by atoms with Gasteiger partial charge in [-0.25, -0.2) is 4.79 Å². The fourth-order valence-corrected chi connectivity index (χ4v) is 2.89. The second-order valence-electron chi connectivity index (χ2n) is 5.76. The van der Waals surface area contributed by atoms with Crippen LogP contribution in [0.4, 0.5) is 4.79 Å². The number of amides is 1. The lowest BCUT2D eigenvalue weighted by Gasteiger charge is -2.36. The van der Waals surface area contributed by atoms with Gasteiger partial charge < -0.3 is 19.9 Å². The average Bonchev–Trinajstić information content (AvgIpc) is 3.23. The molecule has 0 aromatic rings. The first kappa shape index (κ1) is 19.3. The van der Waals surface area contributed by atoms with Gasteiger partial charge >= 0.3 is 6.09 Å². The Kier molecular flexibility index (Phi) is 8.27. The van der Waals surface area contributed by atoms with Gasteiger partial charge in [-0.3, -0.25) is 4.99 Å². The van der Waals surface area contributed by atoms with Gasteiger partial charge in [0.1, 0.15) is 0 Å². The third kappa shape index (κ3) is 5.17. The van der Waals surface area contributed by atoms with Crippen molar-refractivity contribution in [3.8, 4) is 0 Å². The number of nitrogens with zero attached hydrogens (tertiary/aromatic N) is 3. The van der Waals surface area contributed by atoms with E-state index in [2.05, 4.69) is 22.1 Å². The summed E-state index contributed by atoms with van der Waals surface area (Å²) in [6.07, 6.45) is 3.60. The molecule has 1 amide bonds. The van der Waals surface area contributed by atoms with Gasteiger partial charge in [0, 0.05) is 39.3 Å². The third-order valence-corrected chi connectivity index (χ3v) is 4.21. The molecule has 0 radical (unpaired) electrons. The molecule has 1 aliphatic heterocycles. The summed E-state index contributed by atoms with van der Waals surface area (Å²) in [6.45, 7) is 7.52. The molecule has 0 spiro atoms. The zero-order valence-corrected chi connectivity index (χ0v) is 16.2. The Hall–Kier alpha value is -0.730. The van der Waals surface area contributed by atoms with E-state index in [9.17, 15) is 4.79 Å². The first-order chi connectivity index (χ1) is 10.2. The van der Waals surface area contributed by atoms with Gasteiger partial charge in [-0.05, 0) is 25.7 Å². The molecule has 2 unspecified atom stereocenters. The standard InChI is InChI=1S/C15H28N4O2.HI/c1-4-6-12-11-13(12)17-14(16-3)18-7-9-19(10-8-18)15(20)21-5-2;/h12-13H,4-11H2,1-3H3,(H,16,17);1H. The Morgan fingerprint density at radius 3 is 2.41 bits per heavy atom. The summed E-state index contributed by atoms with van der Waals surface area (Å²) in [4.78, 5) is 20.1. The minimum atomic E-state index is -0.203. The average molecular weight is 424 g/mol. The molecule has 7 heteroatoms. The molecule has 2 aliphatic rings. The van der Waals surface area contributed by atoms with Crippen LogP contribution in [0.15, 0.2) is 4.99 Å². The van der Waals surface area contributed by atoms with E-state index in [1.165, 1.54) is 19.3 Å². The van der Waals surface area contributed by atoms with Gasteiger partial charge in [0.05, 0.1) is 6.61 Å². The lowest BCUT2D eigenvalue weighted by Crippen LogP contribution is -2.54. The van der Waals surface area contributed by atoms with Crippen LogP contribution in [0, 0.1) is 5.92 Å². The Balaban J connectivity index is 0.00000242. The van der Waals surface area contributed by atoms with Gasteiger partial charge in [0.15, 0.2) is 5.96 Å². The van der Waals surface area contributed by atoms with Crippen LogP contribution in [0.25, 0.3) is 0 Å². The summed E-state index contributed by atoms with van der Waals surface area (Å²) in [6, 6.07) is 0.590. The number of guanidine groups is 1. The van der Waals surface area contributed by atoms with Crippen molar-refractivity contribution in [2.24, 2.45) is 10.9 Å². The predicted molar refractivity (Wildman–Crippen MR) is 98.9 cm³/mol. The predicted octanol–water partition coefficient (Wildman–Crippen LogP) is 2.14. The number of carbonyl (C=O) groups is 1. The van der Waals surface area contributed by atoms with Crippen molar-refractivity contribution in [3.63, 3.8) is 0 Å². The first-order valence-corrected chi connectivity index (χ1v) is 8.09. The maximum Gasteiger partial charge on any atom is 0.409 e. The van der Waals surface area contributed by atoms with Crippen LogP contribution < -0.4 is 5.32 Å². The highest BCUT2D eigenvalue weighted by Crippen LogP contribution is 2.34. The van der Waals surface area contributed by atoms with Gasteiger partial charge in [0.25, 0.3) is 0 Å². The zero-order valence-electron chi connectivity index (χ0n) is 13.9. The molecule has 1 heterocycles. The maximum atomic E-state index is 11.7. The molecule has 22 heavy (non-hydrogen) atoms. The summed E-state index contributed by atoms with van der Waals surface area (Å²) in [5, 5.41) is 3.56. The summed E-state index contributed by atoms with van der Waals surface area (Å²) in [7, 11) is 1.83. The summed E-state index contributed by atoms with van der Waals surface area (Å²) < 4.78 is 5.04. The van der Waals surface area contributed by atoms with Gasteiger partial charge in [0.2, 0.25) is 0 Å². The second kappa shape index (κ2) is 9.42. The van der Waals surface area contributed by atoms with Crippen molar-refractivity contribution < 1.29 is 9.53 Å². The Morgan fingerprint density at radius 1 is 1.23 bits per heavy atom. The molecule has 2 atom stereocenters. The van der Waals surface area contributed by atoms with Crippen molar-refractivity contribution >= 4 is 36.0 Å². The number of halogens is 1. The van der Waals surface area contributed by atoms with Gasteiger partial charge in [-0.1, -0.05) is 13.3 Å². The molecule has 128 valence electrons. The quantitative estimate of drug-likeness (QED) is 0.427.